The van der Waals surface area contributed by atoms with E-state index < -0.39 is 0 Å². The molecule has 2 aliphatic heterocycles. The lowest BCUT2D eigenvalue weighted by Gasteiger charge is -2.41. The van der Waals surface area contributed by atoms with E-state index in [1.54, 1.807) is 11.8 Å². The van der Waals surface area contributed by atoms with Gasteiger partial charge in [0.25, 0.3) is 5.91 Å². The number of carbonyl (C=O) groups is 2. The lowest BCUT2D eigenvalue weighted by atomic mass is 9.90. The van der Waals surface area contributed by atoms with Crippen LogP contribution in [0.4, 0.5) is 0 Å². The Bertz CT molecular complexity index is 685. The highest BCUT2D eigenvalue weighted by atomic mass is 16.5. The van der Waals surface area contributed by atoms with Crippen LogP contribution in [0.3, 0.4) is 0 Å². The van der Waals surface area contributed by atoms with E-state index in [4.69, 9.17) is 4.74 Å². The fourth-order valence-electron chi connectivity index (χ4n) is 4.39. The Kier molecular flexibility index (Phi) is 5.85. The van der Waals surface area contributed by atoms with Gasteiger partial charge in [-0.3, -0.25) is 9.59 Å². The number of piperazine rings is 1. The van der Waals surface area contributed by atoms with Crippen LogP contribution in [0.25, 0.3) is 0 Å². The fraction of sp³-hybridized carbons (Fsp3) is 0.636. The molecule has 1 aromatic carbocycles. The first-order valence-corrected chi connectivity index (χ1v) is 10.7. The van der Waals surface area contributed by atoms with E-state index in [0.29, 0.717) is 31.7 Å². The largest absolute Gasteiger partial charge is 0.490 e. The van der Waals surface area contributed by atoms with Gasteiger partial charge in [-0.2, -0.15) is 0 Å². The summed E-state index contributed by atoms with van der Waals surface area (Å²) in [7, 11) is 0. The fourth-order valence-corrected chi connectivity index (χ4v) is 4.39. The number of hydrogen-bond donors (Lipinski definition) is 0. The summed E-state index contributed by atoms with van der Waals surface area (Å²) < 4.78 is 6.16. The van der Waals surface area contributed by atoms with E-state index in [9.17, 15) is 9.59 Å². The van der Waals surface area contributed by atoms with Crippen molar-refractivity contribution in [2.75, 3.05) is 39.3 Å². The first-order chi connectivity index (χ1) is 13.6. The molecule has 1 saturated carbocycles. The highest BCUT2D eigenvalue weighted by molar-refractivity contribution is 5.94. The van der Waals surface area contributed by atoms with Crippen LogP contribution in [0, 0.1) is 0 Å². The Labute approximate surface area is 167 Å². The number of ether oxygens (including phenoxy) is 1. The van der Waals surface area contributed by atoms with Gasteiger partial charge in [-0.25, -0.2) is 0 Å². The van der Waals surface area contributed by atoms with Crippen molar-refractivity contribution in [3.05, 3.63) is 29.8 Å². The van der Waals surface area contributed by atoms with Gasteiger partial charge in [0.1, 0.15) is 11.9 Å². The normalized spacial score (nSPS) is 22.0. The molecule has 3 aliphatic rings. The smallest absolute Gasteiger partial charge is 0.253 e. The lowest BCUT2D eigenvalue weighted by Crippen LogP contribution is -2.50. The molecule has 2 saturated heterocycles. The van der Waals surface area contributed by atoms with E-state index in [1.165, 1.54) is 19.3 Å². The summed E-state index contributed by atoms with van der Waals surface area (Å²) in [5.41, 5.74) is 0.684. The van der Waals surface area contributed by atoms with Crippen LogP contribution in [0.15, 0.2) is 24.3 Å². The Morgan fingerprint density at radius 3 is 2.00 bits per heavy atom. The van der Waals surface area contributed by atoms with Crippen molar-refractivity contribution in [1.29, 1.82) is 0 Å². The molecule has 2 amide bonds. The standard InChI is InChI=1S/C22H31N3O3/c1-17(26)23-13-15-25(16-14-23)22(27)18-5-7-20(8-6-18)28-21-9-11-24(12-10-21)19-3-2-4-19/h5-8,19,21H,2-4,9-16H2,1H3. The van der Waals surface area contributed by atoms with Gasteiger partial charge in [0, 0.05) is 57.8 Å². The molecule has 1 aliphatic carbocycles. The molecule has 6 heteroatoms. The summed E-state index contributed by atoms with van der Waals surface area (Å²) in [5.74, 6) is 0.954. The maximum Gasteiger partial charge on any atom is 0.253 e. The first kappa shape index (κ1) is 19.2. The molecule has 6 nitrogen and oxygen atoms in total. The molecule has 4 rings (SSSR count). The van der Waals surface area contributed by atoms with E-state index in [1.807, 2.05) is 29.2 Å². The topological polar surface area (TPSA) is 53.1 Å². The zero-order chi connectivity index (χ0) is 19.5. The lowest BCUT2D eigenvalue weighted by molar-refractivity contribution is -0.130. The molecule has 152 valence electrons. The third kappa shape index (κ3) is 4.32. The van der Waals surface area contributed by atoms with Gasteiger partial charge in [0.2, 0.25) is 5.91 Å². The van der Waals surface area contributed by atoms with Crippen molar-refractivity contribution in [3.63, 3.8) is 0 Å². The van der Waals surface area contributed by atoms with Crippen molar-refractivity contribution in [3.8, 4) is 5.75 Å². The predicted molar refractivity (Wildman–Crippen MR) is 107 cm³/mol. The van der Waals surface area contributed by atoms with Crippen LogP contribution in [-0.2, 0) is 4.79 Å². The second-order valence-corrected chi connectivity index (χ2v) is 8.26. The molecule has 1 aromatic rings. The SMILES string of the molecule is CC(=O)N1CCN(C(=O)c2ccc(OC3CCN(C4CCC4)CC3)cc2)CC1. The van der Waals surface area contributed by atoms with Crippen molar-refractivity contribution < 1.29 is 14.3 Å². The van der Waals surface area contributed by atoms with Crippen LogP contribution in [-0.4, -0.2) is 77.9 Å². The molecule has 0 aromatic heterocycles. The van der Waals surface area contributed by atoms with Gasteiger partial charge in [0.15, 0.2) is 0 Å². The summed E-state index contributed by atoms with van der Waals surface area (Å²) in [6, 6.07) is 8.37. The summed E-state index contributed by atoms with van der Waals surface area (Å²) in [6.45, 7) is 6.26. The monoisotopic (exact) mass is 385 g/mol. The zero-order valence-corrected chi connectivity index (χ0v) is 16.8. The van der Waals surface area contributed by atoms with Crippen molar-refractivity contribution in [2.45, 2.75) is 51.2 Å². The molecule has 2 heterocycles. The van der Waals surface area contributed by atoms with Gasteiger partial charge in [0.05, 0.1) is 0 Å². The second kappa shape index (κ2) is 8.52. The molecule has 28 heavy (non-hydrogen) atoms. The maximum atomic E-state index is 12.7. The molecule has 0 unspecified atom stereocenters. The van der Waals surface area contributed by atoms with E-state index in [2.05, 4.69) is 4.90 Å². The summed E-state index contributed by atoms with van der Waals surface area (Å²) in [6.07, 6.45) is 6.56. The van der Waals surface area contributed by atoms with E-state index in [-0.39, 0.29) is 17.9 Å². The molecular formula is C22H31N3O3. The van der Waals surface area contributed by atoms with Gasteiger partial charge in [-0.05, 0) is 49.9 Å². The number of hydrogen-bond acceptors (Lipinski definition) is 4. The average Bonchev–Trinajstić information content (AvgIpc) is 2.68. The van der Waals surface area contributed by atoms with Crippen molar-refractivity contribution in [2.24, 2.45) is 0 Å². The van der Waals surface area contributed by atoms with Crippen LogP contribution < -0.4 is 4.74 Å². The van der Waals surface area contributed by atoms with Crippen LogP contribution in [0.2, 0.25) is 0 Å². The zero-order valence-electron chi connectivity index (χ0n) is 16.8. The quantitative estimate of drug-likeness (QED) is 0.799. The van der Waals surface area contributed by atoms with Crippen LogP contribution in [0.5, 0.6) is 5.75 Å². The van der Waals surface area contributed by atoms with Gasteiger partial charge in [-0.15, -0.1) is 0 Å². The van der Waals surface area contributed by atoms with Gasteiger partial charge < -0.3 is 19.4 Å². The number of carbonyl (C=O) groups excluding carboxylic acids is 2. The first-order valence-electron chi connectivity index (χ1n) is 10.7. The second-order valence-electron chi connectivity index (χ2n) is 8.26. The molecule has 0 spiro atoms. The Balaban J connectivity index is 1.26. The Morgan fingerprint density at radius 2 is 1.46 bits per heavy atom. The van der Waals surface area contributed by atoms with Gasteiger partial charge in [-0.1, -0.05) is 6.42 Å². The average molecular weight is 386 g/mol. The molecule has 0 bridgehead atoms. The van der Waals surface area contributed by atoms with Crippen LogP contribution in [0.1, 0.15) is 49.4 Å². The molecule has 0 atom stereocenters. The third-order valence-corrected chi connectivity index (χ3v) is 6.48. The summed E-state index contributed by atoms with van der Waals surface area (Å²) >= 11 is 0. The van der Waals surface area contributed by atoms with Crippen molar-refractivity contribution in [1.82, 2.24) is 14.7 Å². The summed E-state index contributed by atoms with van der Waals surface area (Å²) in [5, 5.41) is 0. The molecule has 0 radical (unpaired) electrons. The minimum atomic E-state index is 0.0311. The van der Waals surface area contributed by atoms with E-state index >= 15 is 0 Å². The molecule has 3 fully saturated rings. The number of benzene rings is 1. The van der Waals surface area contributed by atoms with Crippen molar-refractivity contribution >= 4 is 11.8 Å². The summed E-state index contributed by atoms with van der Waals surface area (Å²) in [4.78, 5) is 30.3. The highest BCUT2D eigenvalue weighted by Gasteiger charge is 2.29. The number of rotatable bonds is 4. The van der Waals surface area contributed by atoms with Gasteiger partial charge >= 0.3 is 0 Å². The van der Waals surface area contributed by atoms with Crippen LogP contribution >= 0.6 is 0 Å². The maximum absolute atomic E-state index is 12.7. The Morgan fingerprint density at radius 1 is 0.857 bits per heavy atom. The highest BCUT2D eigenvalue weighted by Crippen LogP contribution is 2.28. The Hall–Kier alpha value is -2.08. The number of amides is 2. The third-order valence-electron chi connectivity index (χ3n) is 6.48. The molecule has 0 N–H and O–H groups in total. The minimum absolute atomic E-state index is 0.0311. The predicted octanol–water partition coefficient (Wildman–Crippen LogP) is 2.39. The van der Waals surface area contributed by atoms with E-state index in [0.717, 1.165) is 37.7 Å². The number of nitrogens with zero attached hydrogens (tertiary/aromatic N) is 3. The minimum Gasteiger partial charge on any atom is -0.490 e. The number of likely N-dealkylation sites (tertiary alicyclic amines) is 1. The molecular weight excluding hydrogens is 354 g/mol. The number of piperidine rings is 1.